The van der Waals surface area contributed by atoms with Crippen molar-refractivity contribution in [3.05, 3.63) is 22.8 Å². The fraction of sp³-hybridized carbons (Fsp3) is 0.571. The van der Waals surface area contributed by atoms with Crippen LogP contribution < -0.4 is 10.2 Å². The van der Waals surface area contributed by atoms with Crippen LogP contribution in [0.15, 0.2) is 12.1 Å². The minimum Gasteiger partial charge on any atom is -0.393 e. The van der Waals surface area contributed by atoms with E-state index in [9.17, 15) is 9.90 Å². The van der Waals surface area contributed by atoms with Gasteiger partial charge in [-0.3, -0.25) is 4.79 Å². The van der Waals surface area contributed by atoms with E-state index < -0.39 is 6.10 Å². The lowest BCUT2D eigenvalue weighted by Gasteiger charge is -2.17. The summed E-state index contributed by atoms with van der Waals surface area (Å²) in [5, 5.41) is 12.3. The van der Waals surface area contributed by atoms with Gasteiger partial charge >= 0.3 is 0 Å². The minimum atomic E-state index is -0.420. The summed E-state index contributed by atoms with van der Waals surface area (Å²) in [7, 11) is 0. The minimum absolute atomic E-state index is 0.185. The number of aromatic nitrogens is 1. The number of nitrogens with zero attached hydrogens (tertiary/aromatic N) is 2. The molecule has 0 spiro atoms. The molecule has 6 heteroatoms. The first-order chi connectivity index (χ1) is 9.56. The second-order valence-electron chi connectivity index (χ2n) is 5.12. The summed E-state index contributed by atoms with van der Waals surface area (Å²) in [4.78, 5) is 18.5. The number of rotatable bonds is 5. The molecular formula is C14H20ClN3O2. The van der Waals surface area contributed by atoms with E-state index >= 15 is 0 Å². The highest BCUT2D eigenvalue weighted by molar-refractivity contribution is 6.29. The molecule has 1 amide bonds. The van der Waals surface area contributed by atoms with Crippen LogP contribution in [0.4, 0.5) is 5.82 Å². The van der Waals surface area contributed by atoms with E-state index in [1.807, 2.05) is 0 Å². The second-order valence-corrected chi connectivity index (χ2v) is 5.51. The number of aliphatic hydroxyl groups excluding tert-OH is 1. The molecule has 1 unspecified atom stereocenters. The summed E-state index contributed by atoms with van der Waals surface area (Å²) in [6.45, 7) is 4.04. The topological polar surface area (TPSA) is 65.5 Å². The number of nitrogens with one attached hydrogen (secondary N) is 1. The first kappa shape index (κ1) is 15.1. The highest BCUT2D eigenvalue weighted by Crippen LogP contribution is 2.22. The first-order valence-corrected chi connectivity index (χ1v) is 7.33. The van der Waals surface area contributed by atoms with Gasteiger partial charge in [0.05, 0.1) is 6.10 Å². The maximum Gasteiger partial charge on any atom is 0.251 e. The quantitative estimate of drug-likeness (QED) is 0.814. The van der Waals surface area contributed by atoms with E-state index in [0.717, 1.165) is 31.7 Å². The van der Waals surface area contributed by atoms with Gasteiger partial charge in [0.1, 0.15) is 11.0 Å². The van der Waals surface area contributed by atoms with Gasteiger partial charge in [0.25, 0.3) is 5.91 Å². The molecule has 1 aromatic rings. The molecule has 1 fully saturated rings. The molecule has 0 aromatic carbocycles. The Kier molecular flexibility index (Phi) is 5.20. The lowest BCUT2D eigenvalue weighted by Crippen LogP contribution is -2.27. The Bertz CT molecular complexity index is 473. The van der Waals surface area contributed by atoms with Crippen molar-refractivity contribution in [2.24, 2.45) is 0 Å². The number of halogens is 1. The van der Waals surface area contributed by atoms with Crippen LogP contribution in [-0.2, 0) is 0 Å². The lowest BCUT2D eigenvalue weighted by molar-refractivity contribution is 0.0945. The standard InChI is InChI=1S/C14H20ClN3O2/c1-10(19)4-5-16-14(20)11-8-12(15)17-13(9-11)18-6-2-3-7-18/h8-10,19H,2-7H2,1H3,(H,16,20). The molecule has 20 heavy (non-hydrogen) atoms. The Morgan fingerprint density at radius 1 is 1.50 bits per heavy atom. The molecule has 2 heterocycles. The van der Waals surface area contributed by atoms with E-state index in [1.54, 1.807) is 19.1 Å². The molecule has 0 radical (unpaired) electrons. The van der Waals surface area contributed by atoms with Gasteiger partial charge < -0.3 is 15.3 Å². The van der Waals surface area contributed by atoms with Crippen LogP contribution in [0.5, 0.6) is 0 Å². The van der Waals surface area contributed by atoms with Crippen LogP contribution in [0.1, 0.15) is 36.5 Å². The SMILES string of the molecule is CC(O)CCNC(=O)c1cc(Cl)nc(N2CCCC2)c1. The van der Waals surface area contributed by atoms with Gasteiger partial charge in [0.15, 0.2) is 0 Å². The summed E-state index contributed by atoms with van der Waals surface area (Å²) >= 11 is 6.00. The average Bonchev–Trinajstić information content (AvgIpc) is 2.91. The van der Waals surface area contributed by atoms with E-state index in [4.69, 9.17) is 11.6 Å². The van der Waals surface area contributed by atoms with E-state index in [2.05, 4.69) is 15.2 Å². The zero-order valence-corrected chi connectivity index (χ0v) is 12.4. The van der Waals surface area contributed by atoms with Gasteiger partial charge in [-0.25, -0.2) is 4.98 Å². The maximum atomic E-state index is 12.0. The summed E-state index contributed by atoms with van der Waals surface area (Å²) in [5.74, 6) is 0.575. The van der Waals surface area contributed by atoms with E-state index in [0.29, 0.717) is 23.7 Å². The molecule has 1 saturated heterocycles. The number of aliphatic hydroxyl groups is 1. The molecule has 1 aliphatic heterocycles. The largest absolute Gasteiger partial charge is 0.393 e. The highest BCUT2D eigenvalue weighted by atomic mass is 35.5. The Hall–Kier alpha value is -1.33. The Balaban J connectivity index is 2.05. The third-order valence-electron chi connectivity index (χ3n) is 3.32. The van der Waals surface area contributed by atoms with Gasteiger partial charge in [-0.05, 0) is 38.3 Å². The van der Waals surface area contributed by atoms with E-state index in [-0.39, 0.29) is 5.91 Å². The van der Waals surface area contributed by atoms with Crippen molar-refractivity contribution in [3.63, 3.8) is 0 Å². The zero-order valence-electron chi connectivity index (χ0n) is 11.6. The fourth-order valence-electron chi connectivity index (χ4n) is 2.22. The fourth-order valence-corrected chi connectivity index (χ4v) is 2.42. The molecular weight excluding hydrogens is 278 g/mol. The van der Waals surface area contributed by atoms with Gasteiger partial charge in [0.2, 0.25) is 0 Å². The predicted octanol–water partition coefficient (Wildman–Crippen LogP) is 1.84. The average molecular weight is 298 g/mol. The first-order valence-electron chi connectivity index (χ1n) is 6.95. The summed E-state index contributed by atoms with van der Waals surface area (Å²) in [6.07, 6.45) is 2.40. The maximum absolute atomic E-state index is 12.0. The zero-order chi connectivity index (χ0) is 14.5. The Morgan fingerprint density at radius 3 is 2.85 bits per heavy atom. The van der Waals surface area contributed by atoms with Crippen molar-refractivity contribution in [2.75, 3.05) is 24.5 Å². The number of anilines is 1. The molecule has 0 bridgehead atoms. The summed E-state index contributed by atoms with van der Waals surface area (Å²) in [6, 6.07) is 3.34. The number of amides is 1. The molecule has 0 saturated carbocycles. The second kappa shape index (κ2) is 6.90. The number of carbonyl (C=O) groups is 1. The molecule has 1 aromatic heterocycles. The molecule has 2 N–H and O–H groups in total. The normalized spacial score (nSPS) is 16.2. The van der Waals surface area contributed by atoms with Gasteiger partial charge in [-0.1, -0.05) is 11.6 Å². The van der Waals surface area contributed by atoms with Gasteiger partial charge in [0, 0.05) is 25.2 Å². The third kappa shape index (κ3) is 4.08. The molecule has 110 valence electrons. The van der Waals surface area contributed by atoms with Crippen molar-refractivity contribution in [1.82, 2.24) is 10.3 Å². The third-order valence-corrected chi connectivity index (χ3v) is 3.51. The van der Waals surface area contributed by atoms with Crippen molar-refractivity contribution in [3.8, 4) is 0 Å². The number of hydrogen-bond donors (Lipinski definition) is 2. The Morgan fingerprint density at radius 2 is 2.20 bits per heavy atom. The van der Waals surface area contributed by atoms with Crippen molar-refractivity contribution < 1.29 is 9.90 Å². The smallest absolute Gasteiger partial charge is 0.251 e. The number of pyridine rings is 1. The monoisotopic (exact) mass is 297 g/mol. The molecule has 2 rings (SSSR count). The van der Waals surface area contributed by atoms with Crippen LogP contribution in [0, 0.1) is 0 Å². The van der Waals surface area contributed by atoms with Crippen molar-refractivity contribution in [1.29, 1.82) is 0 Å². The molecule has 1 aliphatic rings. The number of hydrogen-bond acceptors (Lipinski definition) is 4. The molecule has 0 aliphatic carbocycles. The van der Waals surface area contributed by atoms with Crippen LogP contribution >= 0.6 is 11.6 Å². The summed E-state index contributed by atoms with van der Waals surface area (Å²) in [5.41, 5.74) is 0.512. The van der Waals surface area contributed by atoms with Gasteiger partial charge in [-0.2, -0.15) is 0 Å². The van der Waals surface area contributed by atoms with Crippen LogP contribution in [0.3, 0.4) is 0 Å². The van der Waals surface area contributed by atoms with Crippen molar-refractivity contribution >= 4 is 23.3 Å². The Labute approximate surface area is 123 Å². The highest BCUT2D eigenvalue weighted by Gasteiger charge is 2.16. The number of carbonyl (C=O) groups excluding carboxylic acids is 1. The van der Waals surface area contributed by atoms with Gasteiger partial charge in [-0.15, -0.1) is 0 Å². The van der Waals surface area contributed by atoms with Crippen LogP contribution in [0.25, 0.3) is 0 Å². The molecule has 1 atom stereocenters. The van der Waals surface area contributed by atoms with Crippen molar-refractivity contribution in [2.45, 2.75) is 32.3 Å². The molecule has 5 nitrogen and oxygen atoms in total. The lowest BCUT2D eigenvalue weighted by atomic mass is 10.2. The van der Waals surface area contributed by atoms with Crippen LogP contribution in [0.2, 0.25) is 5.15 Å². The van der Waals surface area contributed by atoms with Crippen LogP contribution in [-0.4, -0.2) is 41.7 Å². The predicted molar refractivity (Wildman–Crippen MR) is 79.3 cm³/mol. The van der Waals surface area contributed by atoms with E-state index in [1.165, 1.54) is 0 Å². The summed E-state index contributed by atoms with van der Waals surface area (Å²) < 4.78 is 0.